The Morgan fingerprint density at radius 1 is 0.838 bits per heavy atom. The van der Waals surface area contributed by atoms with Crippen molar-refractivity contribution in [2.75, 3.05) is 20.2 Å². The number of hydrogen-bond acceptors (Lipinski definition) is 6. The fourth-order valence-corrected chi connectivity index (χ4v) is 4.21. The van der Waals surface area contributed by atoms with Crippen molar-refractivity contribution in [2.45, 2.75) is 33.0 Å². The predicted molar refractivity (Wildman–Crippen MR) is 140 cm³/mol. The molecule has 7 nitrogen and oxygen atoms in total. The predicted octanol–water partition coefficient (Wildman–Crippen LogP) is 5.24. The van der Waals surface area contributed by atoms with Crippen LogP contribution in [0.1, 0.15) is 38.8 Å². The molecule has 37 heavy (non-hydrogen) atoms. The van der Waals surface area contributed by atoms with Gasteiger partial charge in [0.2, 0.25) is 5.91 Å². The number of hydrogen-bond donors (Lipinski definition) is 0. The molecule has 0 fully saturated rings. The second-order valence-electron chi connectivity index (χ2n) is 8.98. The molecule has 0 N–H and O–H groups in total. The second kappa shape index (κ2) is 12.7. The maximum Gasteiger partial charge on any atom is 0.337 e. The molecule has 0 aliphatic heterocycles. The highest BCUT2D eigenvalue weighted by molar-refractivity contribution is 5.89. The summed E-state index contributed by atoms with van der Waals surface area (Å²) in [5.41, 5.74) is 2.55. The SMILES string of the molecule is COC(=O)c1cccc(CN(CC(=O)N(CCc2ccccc2)Cc2ccc(C)o2)Cc2ccco2)c1. The van der Waals surface area contributed by atoms with Crippen LogP contribution in [0.15, 0.2) is 94.0 Å². The number of carbonyl (C=O) groups is 2. The minimum Gasteiger partial charge on any atom is -0.468 e. The third-order valence-electron chi connectivity index (χ3n) is 6.08. The third kappa shape index (κ3) is 7.69. The molecule has 1 amide bonds. The van der Waals surface area contributed by atoms with E-state index in [0.717, 1.165) is 29.3 Å². The summed E-state index contributed by atoms with van der Waals surface area (Å²) >= 11 is 0. The first-order chi connectivity index (χ1) is 18.0. The molecule has 4 aromatic rings. The third-order valence-corrected chi connectivity index (χ3v) is 6.08. The maximum atomic E-state index is 13.7. The van der Waals surface area contributed by atoms with Crippen molar-refractivity contribution in [3.8, 4) is 0 Å². The van der Waals surface area contributed by atoms with Gasteiger partial charge in [0.25, 0.3) is 0 Å². The zero-order valence-electron chi connectivity index (χ0n) is 21.3. The first-order valence-corrected chi connectivity index (χ1v) is 12.3. The van der Waals surface area contributed by atoms with Crippen LogP contribution in [0.2, 0.25) is 0 Å². The number of furan rings is 2. The summed E-state index contributed by atoms with van der Waals surface area (Å²) < 4.78 is 16.2. The highest BCUT2D eigenvalue weighted by Crippen LogP contribution is 2.16. The van der Waals surface area contributed by atoms with Crippen molar-refractivity contribution >= 4 is 11.9 Å². The Labute approximate surface area is 217 Å². The molecule has 0 aliphatic carbocycles. The molecule has 7 heteroatoms. The van der Waals surface area contributed by atoms with E-state index < -0.39 is 5.97 Å². The Kier molecular flexibility index (Phi) is 8.94. The Balaban J connectivity index is 1.51. The molecule has 0 bridgehead atoms. The van der Waals surface area contributed by atoms with Gasteiger partial charge in [-0.25, -0.2) is 4.79 Å². The van der Waals surface area contributed by atoms with E-state index in [1.165, 1.54) is 12.7 Å². The summed E-state index contributed by atoms with van der Waals surface area (Å²) in [5.74, 6) is 1.92. The van der Waals surface area contributed by atoms with Gasteiger partial charge >= 0.3 is 5.97 Å². The standard InChI is InChI=1S/C30H32N2O5/c1-23-13-14-28(37-23)21-32(16-15-24-8-4-3-5-9-24)29(33)22-31(20-27-12-7-17-36-27)19-25-10-6-11-26(18-25)30(34)35-2/h3-14,17-18H,15-16,19-22H2,1-2H3. The van der Waals surface area contributed by atoms with Crippen LogP contribution in [-0.2, 0) is 35.6 Å². The Bertz CT molecular complexity index is 1280. The number of rotatable bonds is 12. The fourth-order valence-electron chi connectivity index (χ4n) is 4.21. The summed E-state index contributed by atoms with van der Waals surface area (Å²) in [6.07, 6.45) is 2.37. The number of methoxy groups -OCH3 is 1. The number of amides is 1. The van der Waals surface area contributed by atoms with Crippen LogP contribution in [0.4, 0.5) is 0 Å². The molecule has 0 aliphatic rings. The lowest BCUT2D eigenvalue weighted by molar-refractivity contribution is -0.133. The van der Waals surface area contributed by atoms with Crippen LogP contribution in [0, 0.1) is 6.92 Å². The van der Waals surface area contributed by atoms with E-state index in [1.54, 1.807) is 18.4 Å². The average molecular weight is 501 g/mol. The van der Waals surface area contributed by atoms with Gasteiger partial charge in [-0.05, 0) is 60.9 Å². The minimum atomic E-state index is -0.392. The summed E-state index contributed by atoms with van der Waals surface area (Å²) in [6.45, 7) is 3.95. The molecule has 4 rings (SSSR count). The number of esters is 1. The smallest absolute Gasteiger partial charge is 0.337 e. The zero-order chi connectivity index (χ0) is 26.0. The highest BCUT2D eigenvalue weighted by atomic mass is 16.5. The molecule has 0 saturated carbocycles. The number of ether oxygens (including phenoxy) is 1. The van der Waals surface area contributed by atoms with Gasteiger partial charge in [0.1, 0.15) is 17.3 Å². The molecule has 2 aromatic carbocycles. The average Bonchev–Trinajstić information content (AvgIpc) is 3.58. The van der Waals surface area contributed by atoms with Gasteiger partial charge in [-0.15, -0.1) is 0 Å². The molecule has 192 valence electrons. The van der Waals surface area contributed by atoms with E-state index in [1.807, 2.05) is 71.3 Å². The van der Waals surface area contributed by atoms with Crippen molar-refractivity contribution in [1.82, 2.24) is 9.80 Å². The van der Waals surface area contributed by atoms with Gasteiger partial charge in [-0.3, -0.25) is 9.69 Å². The second-order valence-corrected chi connectivity index (χ2v) is 8.98. The van der Waals surface area contributed by atoms with Crippen molar-refractivity contribution in [2.24, 2.45) is 0 Å². The Hall–Kier alpha value is -4.10. The topological polar surface area (TPSA) is 76.1 Å². The number of nitrogens with zero attached hydrogens (tertiary/aromatic N) is 2. The number of benzene rings is 2. The number of aryl methyl sites for hydroxylation is 1. The fraction of sp³-hybridized carbons (Fsp3) is 0.267. The molecule has 0 radical (unpaired) electrons. The van der Waals surface area contributed by atoms with Gasteiger partial charge < -0.3 is 18.5 Å². The summed E-state index contributed by atoms with van der Waals surface area (Å²) in [6, 6.07) is 24.9. The van der Waals surface area contributed by atoms with Gasteiger partial charge in [0.05, 0.1) is 38.6 Å². The van der Waals surface area contributed by atoms with E-state index in [9.17, 15) is 9.59 Å². The molecular weight excluding hydrogens is 468 g/mol. The van der Waals surface area contributed by atoms with Crippen LogP contribution >= 0.6 is 0 Å². The Morgan fingerprint density at radius 2 is 1.65 bits per heavy atom. The lowest BCUT2D eigenvalue weighted by Crippen LogP contribution is -2.40. The molecule has 0 saturated heterocycles. The van der Waals surface area contributed by atoms with E-state index in [4.69, 9.17) is 13.6 Å². The summed E-state index contributed by atoms with van der Waals surface area (Å²) in [4.78, 5) is 29.5. The monoisotopic (exact) mass is 500 g/mol. The van der Waals surface area contributed by atoms with Crippen molar-refractivity contribution < 1.29 is 23.2 Å². The summed E-state index contributed by atoms with van der Waals surface area (Å²) in [7, 11) is 1.36. The van der Waals surface area contributed by atoms with Crippen molar-refractivity contribution in [3.05, 3.63) is 119 Å². The molecular formula is C30H32N2O5. The van der Waals surface area contributed by atoms with Crippen molar-refractivity contribution in [1.29, 1.82) is 0 Å². The molecule has 0 spiro atoms. The first-order valence-electron chi connectivity index (χ1n) is 12.3. The van der Waals surface area contributed by atoms with Gasteiger partial charge in [-0.1, -0.05) is 42.5 Å². The molecule has 0 atom stereocenters. The van der Waals surface area contributed by atoms with Crippen LogP contribution in [0.5, 0.6) is 0 Å². The van der Waals surface area contributed by atoms with E-state index in [-0.39, 0.29) is 12.5 Å². The first kappa shape index (κ1) is 26.0. The molecule has 2 heterocycles. The van der Waals surface area contributed by atoms with Crippen LogP contribution < -0.4 is 0 Å². The van der Waals surface area contributed by atoms with E-state index in [2.05, 4.69) is 12.1 Å². The lowest BCUT2D eigenvalue weighted by atomic mass is 10.1. The van der Waals surface area contributed by atoms with Crippen LogP contribution in [-0.4, -0.2) is 41.9 Å². The summed E-state index contributed by atoms with van der Waals surface area (Å²) in [5, 5.41) is 0. The molecule has 0 unspecified atom stereocenters. The van der Waals surface area contributed by atoms with E-state index in [0.29, 0.717) is 31.7 Å². The van der Waals surface area contributed by atoms with Crippen LogP contribution in [0.3, 0.4) is 0 Å². The van der Waals surface area contributed by atoms with E-state index >= 15 is 0 Å². The zero-order valence-corrected chi connectivity index (χ0v) is 21.3. The normalized spacial score (nSPS) is 11.0. The largest absolute Gasteiger partial charge is 0.468 e. The lowest BCUT2D eigenvalue weighted by Gasteiger charge is -2.27. The number of carbonyl (C=O) groups excluding carboxylic acids is 2. The maximum absolute atomic E-state index is 13.7. The van der Waals surface area contributed by atoms with Gasteiger partial charge in [0.15, 0.2) is 0 Å². The Morgan fingerprint density at radius 3 is 2.35 bits per heavy atom. The molecule has 2 aromatic heterocycles. The van der Waals surface area contributed by atoms with Gasteiger partial charge in [-0.2, -0.15) is 0 Å². The van der Waals surface area contributed by atoms with Crippen molar-refractivity contribution in [3.63, 3.8) is 0 Å². The minimum absolute atomic E-state index is 0.0133. The van der Waals surface area contributed by atoms with Crippen LogP contribution in [0.25, 0.3) is 0 Å². The quantitative estimate of drug-likeness (QED) is 0.248. The highest BCUT2D eigenvalue weighted by Gasteiger charge is 2.21. The van der Waals surface area contributed by atoms with Gasteiger partial charge in [0, 0.05) is 13.1 Å².